The minimum absolute atomic E-state index is 0.0448. The third-order valence-corrected chi connectivity index (χ3v) is 5.54. The first kappa shape index (κ1) is 21.8. The van der Waals surface area contributed by atoms with Crippen molar-refractivity contribution < 1.29 is 14.7 Å². The molecule has 35 heavy (non-hydrogen) atoms. The average Bonchev–Trinajstić information content (AvgIpc) is 3.56. The Morgan fingerprint density at radius 2 is 1.86 bits per heavy atom. The molecule has 0 aliphatic rings. The molecule has 0 saturated carbocycles. The third-order valence-electron chi connectivity index (χ3n) is 5.54. The molecular formula is C25H21N7O3. The first-order valence-electron chi connectivity index (χ1n) is 10.7. The predicted octanol–water partition coefficient (Wildman–Crippen LogP) is 3.87. The lowest BCUT2D eigenvalue weighted by atomic mass is 10.0. The number of hydrogen-bond acceptors (Lipinski definition) is 6. The smallest absolute Gasteiger partial charge is 0.273 e. The number of aromatic nitrogens is 5. The zero-order valence-corrected chi connectivity index (χ0v) is 18.9. The largest absolute Gasteiger partial charge is 0.494 e. The minimum atomic E-state index is -0.283. The van der Waals surface area contributed by atoms with Crippen LogP contribution in [-0.2, 0) is 7.05 Å². The van der Waals surface area contributed by atoms with Crippen LogP contribution < -0.4 is 5.32 Å². The first-order valence-corrected chi connectivity index (χ1v) is 10.7. The van der Waals surface area contributed by atoms with Gasteiger partial charge in [0.05, 0.1) is 17.5 Å². The van der Waals surface area contributed by atoms with Crippen molar-refractivity contribution in [2.75, 3.05) is 5.32 Å². The molecule has 2 aromatic carbocycles. The van der Waals surface area contributed by atoms with Crippen molar-refractivity contribution in [1.82, 2.24) is 25.0 Å². The van der Waals surface area contributed by atoms with Gasteiger partial charge in [0, 0.05) is 47.0 Å². The molecule has 0 spiro atoms. The predicted molar refractivity (Wildman–Crippen MR) is 132 cm³/mol. The minimum Gasteiger partial charge on any atom is -0.494 e. The van der Waals surface area contributed by atoms with Crippen LogP contribution in [0.25, 0.3) is 10.9 Å². The molecule has 4 N–H and O–H groups in total. The summed E-state index contributed by atoms with van der Waals surface area (Å²) in [6.45, 7) is 1.82. The van der Waals surface area contributed by atoms with Gasteiger partial charge in [0.15, 0.2) is 11.7 Å². The molecule has 0 aliphatic carbocycles. The van der Waals surface area contributed by atoms with Gasteiger partial charge >= 0.3 is 0 Å². The van der Waals surface area contributed by atoms with Gasteiger partial charge in [-0.3, -0.25) is 19.4 Å². The number of amides is 1. The molecule has 3 aromatic heterocycles. The number of aromatic hydroxyl groups is 1. The Kier molecular flexibility index (Phi) is 5.46. The van der Waals surface area contributed by atoms with E-state index in [9.17, 15) is 14.7 Å². The van der Waals surface area contributed by atoms with Crippen molar-refractivity contribution >= 4 is 40.3 Å². The molecule has 0 unspecified atom stereocenters. The summed E-state index contributed by atoms with van der Waals surface area (Å²) in [6.07, 6.45) is 3.09. The molecule has 3 heterocycles. The molecule has 10 heteroatoms. The molecule has 5 aromatic rings. The summed E-state index contributed by atoms with van der Waals surface area (Å²) in [6, 6.07) is 15.2. The van der Waals surface area contributed by atoms with Crippen LogP contribution in [0.1, 0.15) is 37.7 Å². The van der Waals surface area contributed by atoms with E-state index in [4.69, 9.17) is 0 Å². The Morgan fingerprint density at radius 1 is 1.09 bits per heavy atom. The van der Waals surface area contributed by atoms with E-state index in [1.807, 2.05) is 6.92 Å². The lowest BCUT2D eigenvalue weighted by Gasteiger charge is -2.07. The number of aromatic amines is 2. The number of aryl methyl sites for hydroxylation is 2. The second-order valence-electron chi connectivity index (χ2n) is 8.00. The van der Waals surface area contributed by atoms with E-state index in [0.717, 1.165) is 5.69 Å². The zero-order valence-electron chi connectivity index (χ0n) is 18.9. The number of hydrogen-bond donors (Lipinski definition) is 4. The molecule has 0 atom stereocenters. The van der Waals surface area contributed by atoms with E-state index < -0.39 is 0 Å². The van der Waals surface area contributed by atoms with E-state index >= 15 is 0 Å². The monoisotopic (exact) mass is 467 g/mol. The van der Waals surface area contributed by atoms with Crippen molar-refractivity contribution in [3.63, 3.8) is 0 Å². The van der Waals surface area contributed by atoms with Gasteiger partial charge in [0.1, 0.15) is 11.5 Å². The van der Waals surface area contributed by atoms with Crippen LogP contribution in [0, 0.1) is 6.92 Å². The SMILES string of the molecule is Cc1cc(C(=O)Nc2ccc(C(=O)c3ccc4[nH]c(O)c(/C=N/c5ccn[nH]5)c4c3)cc2)n(C)n1. The fourth-order valence-electron chi connectivity index (χ4n) is 3.81. The second kappa shape index (κ2) is 8.75. The van der Waals surface area contributed by atoms with Crippen molar-refractivity contribution in [2.24, 2.45) is 12.0 Å². The number of fused-ring (bicyclic) bond motifs is 1. The van der Waals surface area contributed by atoms with E-state index in [-0.39, 0.29) is 17.6 Å². The lowest BCUT2D eigenvalue weighted by Crippen LogP contribution is -2.16. The molecule has 174 valence electrons. The zero-order chi connectivity index (χ0) is 24.5. The van der Waals surface area contributed by atoms with Gasteiger partial charge in [-0.2, -0.15) is 10.2 Å². The normalized spacial score (nSPS) is 11.4. The van der Waals surface area contributed by atoms with E-state index in [2.05, 4.69) is 30.6 Å². The number of rotatable bonds is 6. The summed E-state index contributed by atoms with van der Waals surface area (Å²) in [5.41, 5.74) is 3.82. The highest BCUT2D eigenvalue weighted by molar-refractivity contribution is 6.12. The Morgan fingerprint density at radius 3 is 2.54 bits per heavy atom. The van der Waals surface area contributed by atoms with E-state index in [1.54, 1.807) is 67.8 Å². The number of anilines is 1. The Hall–Kier alpha value is -4.99. The summed E-state index contributed by atoms with van der Waals surface area (Å²) >= 11 is 0. The Labute approximate surface area is 199 Å². The maximum Gasteiger partial charge on any atom is 0.273 e. The topological polar surface area (TPSA) is 141 Å². The van der Waals surface area contributed by atoms with Gasteiger partial charge in [-0.15, -0.1) is 0 Å². The van der Waals surface area contributed by atoms with Crippen molar-refractivity contribution in [1.29, 1.82) is 0 Å². The van der Waals surface area contributed by atoms with Gasteiger partial charge < -0.3 is 15.4 Å². The van der Waals surface area contributed by atoms with Gasteiger partial charge in [-0.1, -0.05) is 0 Å². The summed E-state index contributed by atoms with van der Waals surface area (Å²) in [7, 11) is 1.71. The molecule has 0 fully saturated rings. The number of H-pyrrole nitrogens is 2. The number of carbonyl (C=O) groups excluding carboxylic acids is 2. The highest BCUT2D eigenvalue weighted by Gasteiger charge is 2.16. The van der Waals surface area contributed by atoms with Gasteiger partial charge in [0.25, 0.3) is 5.91 Å². The Bertz CT molecular complexity index is 1580. The van der Waals surface area contributed by atoms with Crippen molar-refractivity contribution in [2.45, 2.75) is 6.92 Å². The fraction of sp³-hybridized carbons (Fsp3) is 0.0800. The van der Waals surface area contributed by atoms with Crippen LogP contribution >= 0.6 is 0 Å². The number of nitrogens with zero attached hydrogens (tertiary/aromatic N) is 4. The molecule has 0 radical (unpaired) electrons. The highest BCUT2D eigenvalue weighted by atomic mass is 16.3. The van der Waals surface area contributed by atoms with Gasteiger partial charge in [0.2, 0.25) is 0 Å². The Balaban J connectivity index is 1.37. The quantitative estimate of drug-likeness (QED) is 0.222. The molecule has 0 saturated heterocycles. The highest BCUT2D eigenvalue weighted by Crippen LogP contribution is 2.28. The molecule has 0 aliphatic heterocycles. The maximum absolute atomic E-state index is 13.1. The van der Waals surface area contributed by atoms with Crippen molar-refractivity contribution in [3.8, 4) is 5.88 Å². The first-order chi connectivity index (χ1) is 16.9. The van der Waals surface area contributed by atoms with Crippen LogP contribution in [-0.4, -0.2) is 48.0 Å². The maximum atomic E-state index is 13.1. The number of nitrogens with one attached hydrogen (secondary N) is 3. The van der Waals surface area contributed by atoms with Crippen LogP contribution in [0.2, 0.25) is 0 Å². The fourth-order valence-corrected chi connectivity index (χ4v) is 3.81. The summed E-state index contributed by atoms with van der Waals surface area (Å²) in [4.78, 5) is 32.8. The summed E-state index contributed by atoms with van der Waals surface area (Å²) in [5.74, 6) is 0.0201. The average molecular weight is 467 g/mol. The summed E-state index contributed by atoms with van der Waals surface area (Å²) < 4.78 is 1.52. The standard InChI is InChI=1S/C25H21N7O3/c1-14-11-21(32(2)31-14)25(35)28-17-6-3-15(4-7-17)23(33)16-5-8-20-18(12-16)19(24(34)29-20)13-26-22-9-10-27-30-22/h3-13,29,34H,1-2H3,(H,27,30)(H,28,35)/b26-13+. The molecule has 1 amide bonds. The van der Waals surface area contributed by atoms with Crippen LogP contribution in [0.4, 0.5) is 11.5 Å². The van der Waals surface area contributed by atoms with Crippen LogP contribution in [0.15, 0.2) is 65.8 Å². The lowest BCUT2D eigenvalue weighted by molar-refractivity contribution is 0.101. The summed E-state index contributed by atoms with van der Waals surface area (Å²) in [5, 5.41) is 24.5. The molecular weight excluding hydrogens is 446 g/mol. The third kappa shape index (κ3) is 4.32. The molecule has 10 nitrogen and oxygen atoms in total. The van der Waals surface area contributed by atoms with Crippen LogP contribution in [0.3, 0.4) is 0 Å². The molecule has 0 bridgehead atoms. The van der Waals surface area contributed by atoms with Crippen molar-refractivity contribution in [3.05, 3.63) is 88.9 Å². The number of aliphatic imine (C=N–C) groups is 1. The van der Waals surface area contributed by atoms with E-state index in [0.29, 0.717) is 44.8 Å². The number of ketones is 1. The second-order valence-corrected chi connectivity index (χ2v) is 8.00. The number of benzene rings is 2. The van der Waals surface area contributed by atoms with E-state index in [1.165, 1.54) is 10.9 Å². The molecule has 5 rings (SSSR count). The number of carbonyl (C=O) groups is 2. The van der Waals surface area contributed by atoms with Gasteiger partial charge in [-0.05, 0) is 55.5 Å². The van der Waals surface area contributed by atoms with Gasteiger partial charge in [-0.25, -0.2) is 4.99 Å². The van der Waals surface area contributed by atoms with Crippen LogP contribution in [0.5, 0.6) is 5.88 Å².